The number of benzene rings is 3. The maximum absolute atomic E-state index is 12.9. The van der Waals surface area contributed by atoms with E-state index in [-0.39, 0.29) is 11.5 Å². The van der Waals surface area contributed by atoms with Gasteiger partial charge in [0.25, 0.3) is 0 Å². The normalized spacial score (nSPS) is 13.6. The van der Waals surface area contributed by atoms with Crippen molar-refractivity contribution < 1.29 is 23.8 Å². The van der Waals surface area contributed by atoms with Crippen LogP contribution in [0.5, 0.6) is 17.2 Å². The van der Waals surface area contributed by atoms with Crippen molar-refractivity contribution >= 4 is 17.8 Å². The monoisotopic (exact) mass is 414 g/mol. The Morgan fingerprint density at radius 1 is 1.00 bits per heavy atom. The van der Waals surface area contributed by atoms with E-state index in [2.05, 4.69) is 0 Å². The molecule has 0 fully saturated rings. The second kappa shape index (κ2) is 8.48. The molecule has 0 aromatic heterocycles. The lowest BCUT2D eigenvalue weighted by molar-refractivity contribution is 0.0733. The number of carbonyl (C=O) groups is 2. The molecular weight excluding hydrogens is 392 g/mol. The molecule has 0 unspecified atom stereocenters. The van der Waals surface area contributed by atoms with Gasteiger partial charge in [0.15, 0.2) is 5.76 Å². The number of hydrogen-bond donors (Lipinski definition) is 0. The van der Waals surface area contributed by atoms with E-state index in [4.69, 9.17) is 14.2 Å². The fourth-order valence-corrected chi connectivity index (χ4v) is 3.44. The quantitative estimate of drug-likeness (QED) is 0.312. The molecule has 0 aliphatic carbocycles. The molecule has 3 aromatic carbocycles. The van der Waals surface area contributed by atoms with Crippen LogP contribution < -0.4 is 14.2 Å². The third-order valence-electron chi connectivity index (χ3n) is 5.00. The van der Waals surface area contributed by atoms with Crippen LogP contribution in [-0.2, 0) is 0 Å². The number of Topliss-reactive ketones (excluding diaryl/α,β-unsaturated/α-hetero) is 1. The van der Waals surface area contributed by atoms with Gasteiger partial charge in [-0.3, -0.25) is 4.79 Å². The van der Waals surface area contributed by atoms with E-state index >= 15 is 0 Å². The van der Waals surface area contributed by atoms with Gasteiger partial charge in [0.1, 0.15) is 17.2 Å². The largest absolute Gasteiger partial charge is 0.493 e. The number of esters is 1. The summed E-state index contributed by atoms with van der Waals surface area (Å²) in [5, 5.41) is 0. The molecule has 1 aliphatic heterocycles. The minimum atomic E-state index is -0.461. The van der Waals surface area contributed by atoms with E-state index in [1.54, 1.807) is 43.3 Å². The molecule has 0 saturated heterocycles. The molecule has 0 bridgehead atoms. The Hall–Kier alpha value is -3.86. The zero-order valence-corrected chi connectivity index (χ0v) is 17.6. The zero-order valence-electron chi connectivity index (χ0n) is 17.6. The van der Waals surface area contributed by atoms with Crippen molar-refractivity contribution in [1.82, 2.24) is 0 Å². The molecule has 4 rings (SSSR count). The van der Waals surface area contributed by atoms with Crippen LogP contribution in [0.1, 0.15) is 44.3 Å². The topological polar surface area (TPSA) is 61.8 Å². The Kier molecular flexibility index (Phi) is 5.58. The number of ketones is 1. The Balaban J connectivity index is 1.62. The number of para-hydroxylation sites is 1. The first kappa shape index (κ1) is 20.4. The molecule has 0 N–H and O–H groups in total. The summed E-state index contributed by atoms with van der Waals surface area (Å²) in [5.41, 5.74) is 3.21. The Morgan fingerprint density at radius 3 is 2.58 bits per heavy atom. The third-order valence-corrected chi connectivity index (χ3v) is 5.00. The smallest absolute Gasteiger partial charge is 0.343 e. The minimum Gasteiger partial charge on any atom is -0.493 e. The first-order chi connectivity index (χ1) is 15.0. The van der Waals surface area contributed by atoms with Crippen molar-refractivity contribution in [2.45, 2.75) is 20.8 Å². The van der Waals surface area contributed by atoms with E-state index in [1.165, 1.54) is 0 Å². The first-order valence-electron chi connectivity index (χ1n) is 10.1. The van der Waals surface area contributed by atoms with Crippen LogP contribution in [0.2, 0.25) is 0 Å². The maximum Gasteiger partial charge on any atom is 0.343 e. The van der Waals surface area contributed by atoms with Gasteiger partial charge in [-0.05, 0) is 57.2 Å². The van der Waals surface area contributed by atoms with Gasteiger partial charge < -0.3 is 14.2 Å². The van der Waals surface area contributed by atoms with Gasteiger partial charge in [0, 0.05) is 11.1 Å². The Labute approximate surface area is 180 Å². The SMILES string of the molecule is CCOc1ccccc1/C=C1\Oc2c(ccc(OC(=O)c3cccc(C)c3)c2C)C1=O. The highest BCUT2D eigenvalue weighted by Crippen LogP contribution is 2.40. The molecule has 1 aliphatic rings. The number of aryl methyl sites for hydroxylation is 1. The summed E-state index contributed by atoms with van der Waals surface area (Å²) in [6.45, 7) is 6.10. The highest BCUT2D eigenvalue weighted by molar-refractivity contribution is 6.15. The van der Waals surface area contributed by atoms with Gasteiger partial charge in [-0.1, -0.05) is 35.9 Å². The molecular formula is C26H22O5. The van der Waals surface area contributed by atoms with Crippen LogP contribution in [0.3, 0.4) is 0 Å². The van der Waals surface area contributed by atoms with Crippen molar-refractivity contribution in [2.24, 2.45) is 0 Å². The van der Waals surface area contributed by atoms with Crippen molar-refractivity contribution in [3.63, 3.8) is 0 Å². The van der Waals surface area contributed by atoms with Gasteiger partial charge in [0.2, 0.25) is 5.78 Å². The predicted octanol–water partition coefficient (Wildman–Crippen LogP) is 5.54. The second-order valence-electron chi connectivity index (χ2n) is 7.23. The lowest BCUT2D eigenvalue weighted by atomic mass is 10.1. The number of ether oxygens (including phenoxy) is 3. The fraction of sp³-hybridized carbons (Fsp3) is 0.154. The summed E-state index contributed by atoms with van der Waals surface area (Å²) >= 11 is 0. The van der Waals surface area contributed by atoms with Gasteiger partial charge in [-0.2, -0.15) is 0 Å². The summed E-state index contributed by atoms with van der Waals surface area (Å²) in [6.07, 6.45) is 1.67. The molecule has 5 nitrogen and oxygen atoms in total. The highest BCUT2D eigenvalue weighted by atomic mass is 16.5. The van der Waals surface area contributed by atoms with Crippen LogP contribution in [0.4, 0.5) is 0 Å². The molecule has 1 heterocycles. The number of hydrogen-bond acceptors (Lipinski definition) is 5. The minimum absolute atomic E-state index is 0.201. The summed E-state index contributed by atoms with van der Waals surface area (Å²) in [5.74, 6) is 0.953. The molecule has 0 radical (unpaired) electrons. The lowest BCUT2D eigenvalue weighted by Crippen LogP contribution is -2.09. The summed E-state index contributed by atoms with van der Waals surface area (Å²) in [7, 11) is 0. The molecule has 0 amide bonds. The van der Waals surface area contributed by atoms with Crippen LogP contribution in [0, 0.1) is 13.8 Å². The molecule has 3 aromatic rings. The van der Waals surface area contributed by atoms with Crippen molar-refractivity contribution in [1.29, 1.82) is 0 Å². The number of rotatable bonds is 5. The number of carbonyl (C=O) groups excluding carboxylic acids is 2. The number of fused-ring (bicyclic) bond motifs is 1. The third kappa shape index (κ3) is 4.08. The van der Waals surface area contributed by atoms with Crippen LogP contribution in [0.15, 0.2) is 66.4 Å². The van der Waals surface area contributed by atoms with Crippen molar-refractivity contribution in [2.75, 3.05) is 6.61 Å². The molecule has 31 heavy (non-hydrogen) atoms. The molecule has 0 atom stereocenters. The Morgan fingerprint density at radius 2 is 1.81 bits per heavy atom. The molecule has 0 spiro atoms. The van der Waals surface area contributed by atoms with E-state index < -0.39 is 5.97 Å². The van der Waals surface area contributed by atoms with Gasteiger partial charge in [0.05, 0.1) is 17.7 Å². The van der Waals surface area contributed by atoms with Gasteiger partial charge in [-0.15, -0.1) is 0 Å². The second-order valence-corrected chi connectivity index (χ2v) is 7.23. The summed E-state index contributed by atoms with van der Waals surface area (Å²) in [4.78, 5) is 25.4. The standard InChI is InChI=1S/C26H22O5/c1-4-29-22-11-6-5-9-18(22)15-23-24(27)20-12-13-21(17(3)25(20)30-23)31-26(28)19-10-7-8-16(2)14-19/h5-15H,4H2,1-3H3/b23-15-. The molecule has 0 saturated carbocycles. The van der Waals surface area contributed by atoms with Crippen molar-refractivity contribution in [3.8, 4) is 17.2 Å². The average Bonchev–Trinajstić information content (AvgIpc) is 3.08. The fourth-order valence-electron chi connectivity index (χ4n) is 3.44. The Bertz CT molecular complexity index is 1210. The zero-order chi connectivity index (χ0) is 22.0. The van der Waals surface area contributed by atoms with Gasteiger partial charge in [-0.25, -0.2) is 4.79 Å². The van der Waals surface area contributed by atoms with Crippen LogP contribution in [0.25, 0.3) is 6.08 Å². The summed E-state index contributed by atoms with van der Waals surface area (Å²) < 4.78 is 17.1. The predicted molar refractivity (Wildman–Crippen MR) is 118 cm³/mol. The number of allylic oxidation sites excluding steroid dienone is 1. The lowest BCUT2D eigenvalue weighted by Gasteiger charge is -2.10. The van der Waals surface area contributed by atoms with Crippen molar-refractivity contribution in [3.05, 3.63) is 94.2 Å². The van der Waals surface area contributed by atoms with E-state index in [1.807, 2.05) is 44.2 Å². The maximum atomic E-state index is 12.9. The van der Waals surface area contributed by atoms with E-state index in [9.17, 15) is 9.59 Å². The van der Waals surface area contributed by atoms with E-state index in [0.29, 0.717) is 40.5 Å². The highest BCUT2D eigenvalue weighted by Gasteiger charge is 2.31. The van der Waals surface area contributed by atoms with Crippen LogP contribution in [-0.4, -0.2) is 18.4 Å². The molecule has 5 heteroatoms. The van der Waals surface area contributed by atoms with Crippen LogP contribution >= 0.6 is 0 Å². The summed E-state index contributed by atoms with van der Waals surface area (Å²) in [6, 6.07) is 17.9. The average molecular weight is 414 g/mol. The van der Waals surface area contributed by atoms with E-state index in [0.717, 1.165) is 11.1 Å². The first-order valence-corrected chi connectivity index (χ1v) is 10.1. The molecule has 156 valence electrons. The van der Waals surface area contributed by atoms with Gasteiger partial charge >= 0.3 is 5.97 Å².